The smallest absolute Gasteiger partial charge is 0.303 e. The SMILES string of the molecule is C=CCN(C(=O)CCC(=O)O)C(C)(C)C. The molecule has 0 aromatic carbocycles. The molecule has 0 heterocycles. The third kappa shape index (κ3) is 5.20. The van der Waals surface area contributed by atoms with Crippen molar-refractivity contribution in [2.24, 2.45) is 0 Å². The van der Waals surface area contributed by atoms with Crippen molar-refractivity contribution < 1.29 is 14.7 Å². The molecule has 0 aromatic rings. The fraction of sp³-hybridized carbons (Fsp3) is 0.636. The number of carboxylic acid groups (broad SMARTS) is 1. The normalized spacial score (nSPS) is 10.9. The summed E-state index contributed by atoms with van der Waals surface area (Å²) < 4.78 is 0. The molecule has 4 heteroatoms. The standard InChI is InChI=1S/C11H19NO3/c1-5-8-12(11(2,3)4)9(13)6-7-10(14)15/h5H,1,6-8H2,2-4H3,(H,14,15). The summed E-state index contributed by atoms with van der Waals surface area (Å²) in [6, 6.07) is 0. The van der Waals surface area contributed by atoms with Gasteiger partial charge in [-0.2, -0.15) is 0 Å². The summed E-state index contributed by atoms with van der Waals surface area (Å²) in [5.74, 6) is -1.10. The van der Waals surface area contributed by atoms with Crippen molar-refractivity contribution in [2.75, 3.05) is 6.54 Å². The summed E-state index contributed by atoms with van der Waals surface area (Å²) in [5.41, 5.74) is -0.302. The lowest BCUT2D eigenvalue weighted by atomic mass is 10.0. The summed E-state index contributed by atoms with van der Waals surface area (Å²) in [5, 5.41) is 8.49. The third-order valence-corrected chi connectivity index (χ3v) is 1.98. The highest BCUT2D eigenvalue weighted by atomic mass is 16.4. The number of carboxylic acids is 1. The van der Waals surface area contributed by atoms with Gasteiger partial charge >= 0.3 is 5.97 Å². The van der Waals surface area contributed by atoms with Crippen LogP contribution in [0.4, 0.5) is 0 Å². The summed E-state index contributed by atoms with van der Waals surface area (Å²) in [4.78, 5) is 23.7. The number of carbonyl (C=O) groups is 2. The van der Waals surface area contributed by atoms with E-state index in [0.717, 1.165) is 0 Å². The van der Waals surface area contributed by atoms with E-state index in [1.54, 1.807) is 11.0 Å². The van der Waals surface area contributed by atoms with Crippen LogP contribution in [0.3, 0.4) is 0 Å². The van der Waals surface area contributed by atoms with Crippen molar-refractivity contribution in [3.05, 3.63) is 12.7 Å². The Bertz CT molecular complexity index is 253. The van der Waals surface area contributed by atoms with Crippen LogP contribution >= 0.6 is 0 Å². The summed E-state index contributed by atoms with van der Waals surface area (Å²) in [6.45, 7) is 9.76. The Hall–Kier alpha value is -1.32. The van der Waals surface area contributed by atoms with Crippen molar-refractivity contribution in [2.45, 2.75) is 39.2 Å². The van der Waals surface area contributed by atoms with Crippen molar-refractivity contribution in [3.8, 4) is 0 Å². The Morgan fingerprint density at radius 1 is 1.33 bits per heavy atom. The molecule has 0 aromatic heterocycles. The first-order valence-electron chi connectivity index (χ1n) is 4.92. The van der Waals surface area contributed by atoms with E-state index in [9.17, 15) is 9.59 Å². The summed E-state index contributed by atoms with van der Waals surface area (Å²) in [7, 11) is 0. The first-order valence-corrected chi connectivity index (χ1v) is 4.92. The van der Waals surface area contributed by atoms with E-state index >= 15 is 0 Å². The average molecular weight is 213 g/mol. The van der Waals surface area contributed by atoms with Gasteiger partial charge in [-0.15, -0.1) is 6.58 Å². The van der Waals surface area contributed by atoms with Crippen LogP contribution in [0.1, 0.15) is 33.6 Å². The van der Waals surface area contributed by atoms with Gasteiger partial charge in [0.15, 0.2) is 0 Å². The van der Waals surface area contributed by atoms with Crippen molar-refractivity contribution in [3.63, 3.8) is 0 Å². The van der Waals surface area contributed by atoms with Gasteiger partial charge in [0.2, 0.25) is 5.91 Å². The molecule has 0 rings (SSSR count). The zero-order valence-corrected chi connectivity index (χ0v) is 9.62. The monoisotopic (exact) mass is 213 g/mol. The molecule has 0 radical (unpaired) electrons. The van der Waals surface area contributed by atoms with E-state index in [-0.39, 0.29) is 24.3 Å². The Morgan fingerprint density at radius 2 is 1.87 bits per heavy atom. The number of rotatable bonds is 5. The zero-order chi connectivity index (χ0) is 12.1. The second kappa shape index (κ2) is 5.53. The largest absolute Gasteiger partial charge is 0.481 e. The maximum absolute atomic E-state index is 11.7. The van der Waals surface area contributed by atoms with Crippen LogP contribution in [-0.2, 0) is 9.59 Å². The van der Waals surface area contributed by atoms with E-state index in [0.29, 0.717) is 6.54 Å². The van der Waals surface area contributed by atoms with Crippen LogP contribution in [0.2, 0.25) is 0 Å². The molecule has 1 amide bonds. The predicted molar refractivity (Wildman–Crippen MR) is 58.5 cm³/mol. The average Bonchev–Trinajstić information content (AvgIpc) is 2.08. The molecule has 0 saturated carbocycles. The molecular formula is C11H19NO3. The maximum Gasteiger partial charge on any atom is 0.303 e. The van der Waals surface area contributed by atoms with Gasteiger partial charge < -0.3 is 10.0 Å². The molecule has 15 heavy (non-hydrogen) atoms. The lowest BCUT2D eigenvalue weighted by Crippen LogP contribution is -2.45. The van der Waals surface area contributed by atoms with Crippen LogP contribution in [0.15, 0.2) is 12.7 Å². The van der Waals surface area contributed by atoms with Crippen molar-refractivity contribution in [1.82, 2.24) is 4.90 Å². The first kappa shape index (κ1) is 13.7. The van der Waals surface area contributed by atoms with Gasteiger partial charge in [0.25, 0.3) is 0 Å². The fourth-order valence-electron chi connectivity index (χ4n) is 1.23. The highest BCUT2D eigenvalue weighted by Gasteiger charge is 2.25. The molecule has 0 fully saturated rings. The fourth-order valence-corrected chi connectivity index (χ4v) is 1.23. The second-order valence-electron chi connectivity index (χ2n) is 4.36. The van der Waals surface area contributed by atoms with Crippen molar-refractivity contribution in [1.29, 1.82) is 0 Å². The quantitative estimate of drug-likeness (QED) is 0.707. The van der Waals surface area contributed by atoms with E-state index < -0.39 is 5.97 Å². The minimum atomic E-state index is -0.948. The third-order valence-electron chi connectivity index (χ3n) is 1.98. The molecule has 0 saturated heterocycles. The molecule has 0 spiro atoms. The zero-order valence-electron chi connectivity index (χ0n) is 9.62. The van der Waals surface area contributed by atoms with Gasteiger partial charge in [0, 0.05) is 18.5 Å². The number of aliphatic carboxylic acids is 1. The molecule has 4 nitrogen and oxygen atoms in total. The van der Waals surface area contributed by atoms with Gasteiger partial charge in [0.1, 0.15) is 0 Å². The second-order valence-corrected chi connectivity index (χ2v) is 4.36. The molecule has 1 N–H and O–H groups in total. The predicted octanol–water partition coefficient (Wildman–Crippen LogP) is 1.66. The maximum atomic E-state index is 11.7. The van der Waals surface area contributed by atoms with E-state index in [2.05, 4.69) is 6.58 Å². The van der Waals surface area contributed by atoms with Crippen LogP contribution in [-0.4, -0.2) is 34.0 Å². The van der Waals surface area contributed by atoms with Gasteiger partial charge in [-0.05, 0) is 20.8 Å². The topological polar surface area (TPSA) is 57.6 Å². The van der Waals surface area contributed by atoms with E-state index in [1.165, 1.54) is 0 Å². The summed E-state index contributed by atoms with van der Waals surface area (Å²) in [6.07, 6.45) is 1.56. The first-order chi connectivity index (χ1) is 6.79. The number of nitrogens with zero attached hydrogens (tertiary/aromatic N) is 1. The van der Waals surface area contributed by atoms with E-state index in [4.69, 9.17) is 5.11 Å². The lowest BCUT2D eigenvalue weighted by Gasteiger charge is -2.35. The number of hydrogen-bond donors (Lipinski definition) is 1. The van der Waals surface area contributed by atoms with Crippen LogP contribution < -0.4 is 0 Å². The Labute approximate surface area is 90.6 Å². The van der Waals surface area contributed by atoms with Crippen molar-refractivity contribution >= 4 is 11.9 Å². The van der Waals surface area contributed by atoms with Gasteiger partial charge in [-0.3, -0.25) is 9.59 Å². The molecule has 0 unspecified atom stereocenters. The Morgan fingerprint density at radius 3 is 2.20 bits per heavy atom. The van der Waals surface area contributed by atoms with Gasteiger partial charge in [-0.25, -0.2) is 0 Å². The molecular weight excluding hydrogens is 194 g/mol. The molecule has 86 valence electrons. The molecule has 0 bridgehead atoms. The molecule has 0 aliphatic carbocycles. The molecule has 0 aliphatic rings. The van der Waals surface area contributed by atoms with E-state index in [1.807, 2.05) is 20.8 Å². The van der Waals surface area contributed by atoms with Gasteiger partial charge in [0.05, 0.1) is 6.42 Å². The van der Waals surface area contributed by atoms with Crippen LogP contribution in [0.25, 0.3) is 0 Å². The minimum absolute atomic E-state index is 0.0421. The van der Waals surface area contributed by atoms with Crippen LogP contribution in [0, 0.1) is 0 Å². The highest BCUT2D eigenvalue weighted by molar-refractivity contribution is 5.81. The molecule has 0 atom stereocenters. The van der Waals surface area contributed by atoms with Crippen LogP contribution in [0.5, 0.6) is 0 Å². The summed E-state index contributed by atoms with van der Waals surface area (Å²) >= 11 is 0. The number of hydrogen-bond acceptors (Lipinski definition) is 2. The highest BCUT2D eigenvalue weighted by Crippen LogP contribution is 2.15. The Kier molecular flexibility index (Phi) is 5.05. The minimum Gasteiger partial charge on any atom is -0.481 e. The number of carbonyl (C=O) groups excluding carboxylic acids is 1. The lowest BCUT2D eigenvalue weighted by molar-refractivity contribution is -0.142. The number of amides is 1. The van der Waals surface area contributed by atoms with Gasteiger partial charge in [-0.1, -0.05) is 6.08 Å². The Balaban J connectivity index is 4.43. The molecule has 0 aliphatic heterocycles.